The number of fused-ring (bicyclic) bond motifs is 1. The second-order valence-electron chi connectivity index (χ2n) is 10.0. The SMILES string of the molecule is CCOc1cc(CN2CCC(Nc3ncnc4sc(C(=O)N5CCOCC5)c(C)c34)CC2)ccc1OCC(N)=O. The number of hydrogen-bond acceptors (Lipinski definition) is 10. The van der Waals surface area contributed by atoms with Crippen molar-refractivity contribution in [2.75, 3.05) is 57.9 Å². The monoisotopic (exact) mass is 568 g/mol. The van der Waals surface area contributed by atoms with Crippen LogP contribution in [0, 0.1) is 6.92 Å². The van der Waals surface area contributed by atoms with Crippen LogP contribution in [0.5, 0.6) is 11.5 Å². The minimum atomic E-state index is -0.526. The molecule has 3 N–H and O–H groups in total. The van der Waals surface area contributed by atoms with Gasteiger partial charge in [0.2, 0.25) is 0 Å². The molecular weight excluding hydrogens is 532 g/mol. The average Bonchev–Trinajstić information content (AvgIpc) is 3.31. The molecule has 0 atom stereocenters. The number of aromatic nitrogens is 2. The third kappa shape index (κ3) is 6.45. The van der Waals surface area contributed by atoms with Crippen molar-refractivity contribution in [2.24, 2.45) is 5.73 Å². The third-order valence-corrected chi connectivity index (χ3v) is 8.42. The van der Waals surface area contributed by atoms with Crippen molar-refractivity contribution in [2.45, 2.75) is 39.3 Å². The van der Waals surface area contributed by atoms with Gasteiger partial charge in [-0.05, 0) is 49.9 Å². The van der Waals surface area contributed by atoms with E-state index in [0.29, 0.717) is 44.4 Å². The lowest BCUT2D eigenvalue weighted by atomic mass is 10.0. The first kappa shape index (κ1) is 28.1. The van der Waals surface area contributed by atoms with Crippen LogP contribution < -0.4 is 20.5 Å². The van der Waals surface area contributed by atoms with Gasteiger partial charge in [-0.2, -0.15) is 0 Å². The number of aryl methyl sites for hydroxylation is 1. The van der Waals surface area contributed by atoms with E-state index in [4.69, 9.17) is 19.9 Å². The van der Waals surface area contributed by atoms with Crippen LogP contribution in [0.15, 0.2) is 24.5 Å². The number of ether oxygens (including phenoxy) is 3. The molecule has 2 amide bonds. The van der Waals surface area contributed by atoms with E-state index >= 15 is 0 Å². The standard InChI is InChI=1S/C28H36N6O5S/c1-3-38-22-14-19(4-5-21(22)39-16-23(29)35)15-33-8-6-20(7-9-33)32-26-24-18(2)25(40-27(24)31-17-30-26)28(36)34-10-12-37-13-11-34/h4-5,14,17,20H,3,6-13,15-16H2,1-2H3,(H2,29,35)(H,30,31,32). The van der Waals surface area contributed by atoms with Gasteiger partial charge in [-0.25, -0.2) is 9.97 Å². The Balaban J connectivity index is 1.21. The fourth-order valence-corrected chi connectivity index (χ4v) is 6.29. The third-order valence-electron chi connectivity index (χ3n) is 7.23. The Morgan fingerprint density at radius 3 is 2.62 bits per heavy atom. The number of carbonyl (C=O) groups is 2. The van der Waals surface area contributed by atoms with Gasteiger partial charge in [0.15, 0.2) is 18.1 Å². The van der Waals surface area contributed by atoms with Gasteiger partial charge >= 0.3 is 0 Å². The smallest absolute Gasteiger partial charge is 0.264 e. The summed E-state index contributed by atoms with van der Waals surface area (Å²) < 4.78 is 16.6. The number of anilines is 1. The van der Waals surface area contributed by atoms with Crippen LogP contribution in [0.1, 0.15) is 40.6 Å². The Hall–Kier alpha value is -3.48. The van der Waals surface area contributed by atoms with Crippen LogP contribution in [-0.2, 0) is 16.1 Å². The van der Waals surface area contributed by atoms with Gasteiger partial charge < -0.3 is 30.2 Å². The summed E-state index contributed by atoms with van der Waals surface area (Å²) in [5, 5.41) is 4.59. The largest absolute Gasteiger partial charge is 0.490 e. The van der Waals surface area contributed by atoms with Crippen molar-refractivity contribution >= 4 is 39.2 Å². The molecule has 40 heavy (non-hydrogen) atoms. The summed E-state index contributed by atoms with van der Waals surface area (Å²) in [5.41, 5.74) is 7.26. The Morgan fingerprint density at radius 2 is 1.90 bits per heavy atom. The summed E-state index contributed by atoms with van der Waals surface area (Å²) in [4.78, 5) is 39.2. The summed E-state index contributed by atoms with van der Waals surface area (Å²) in [6, 6.07) is 6.07. The van der Waals surface area contributed by atoms with Gasteiger partial charge in [-0.1, -0.05) is 6.07 Å². The van der Waals surface area contributed by atoms with Gasteiger partial charge in [0.25, 0.3) is 11.8 Å². The molecule has 0 saturated carbocycles. The van der Waals surface area contributed by atoms with Crippen molar-refractivity contribution in [3.05, 3.63) is 40.5 Å². The van der Waals surface area contributed by atoms with Crippen LogP contribution in [-0.4, -0.2) is 90.2 Å². The molecule has 5 rings (SSSR count). The molecule has 2 aliphatic heterocycles. The molecule has 2 aliphatic rings. The van der Waals surface area contributed by atoms with Crippen LogP contribution in [0.25, 0.3) is 10.2 Å². The van der Waals surface area contributed by atoms with E-state index in [9.17, 15) is 9.59 Å². The number of nitrogens with two attached hydrogens (primary N) is 1. The maximum Gasteiger partial charge on any atom is 0.264 e. The van der Waals surface area contributed by atoms with E-state index in [2.05, 4.69) is 20.2 Å². The van der Waals surface area contributed by atoms with Crippen LogP contribution >= 0.6 is 11.3 Å². The zero-order valence-corrected chi connectivity index (χ0v) is 23.8. The van der Waals surface area contributed by atoms with Crippen molar-refractivity contribution in [3.8, 4) is 11.5 Å². The summed E-state index contributed by atoms with van der Waals surface area (Å²) >= 11 is 1.44. The van der Waals surface area contributed by atoms with E-state index in [1.54, 1.807) is 6.33 Å². The van der Waals surface area contributed by atoms with E-state index in [-0.39, 0.29) is 18.6 Å². The van der Waals surface area contributed by atoms with Gasteiger partial charge in [0.1, 0.15) is 17.0 Å². The minimum Gasteiger partial charge on any atom is -0.490 e. The summed E-state index contributed by atoms with van der Waals surface area (Å²) in [5.74, 6) is 1.45. The fourth-order valence-electron chi connectivity index (χ4n) is 5.17. The number of benzene rings is 1. The number of piperidine rings is 1. The minimum absolute atomic E-state index is 0.0445. The number of nitrogens with one attached hydrogen (secondary N) is 1. The van der Waals surface area contributed by atoms with Gasteiger partial charge in [0, 0.05) is 38.8 Å². The number of rotatable bonds is 10. The van der Waals surface area contributed by atoms with Gasteiger partial charge in [-0.15, -0.1) is 11.3 Å². The highest BCUT2D eigenvalue weighted by molar-refractivity contribution is 7.20. The predicted molar refractivity (Wildman–Crippen MR) is 153 cm³/mol. The number of primary amides is 1. The van der Waals surface area contributed by atoms with E-state index in [1.165, 1.54) is 11.3 Å². The number of morpholine rings is 1. The molecule has 12 heteroatoms. The lowest BCUT2D eigenvalue weighted by Gasteiger charge is -2.32. The van der Waals surface area contributed by atoms with Crippen molar-refractivity contribution in [1.29, 1.82) is 0 Å². The zero-order valence-electron chi connectivity index (χ0n) is 23.0. The van der Waals surface area contributed by atoms with Crippen LogP contribution in [0.4, 0.5) is 5.82 Å². The molecule has 11 nitrogen and oxygen atoms in total. The van der Waals surface area contributed by atoms with Crippen LogP contribution in [0.3, 0.4) is 0 Å². The molecule has 2 fully saturated rings. The lowest BCUT2D eigenvalue weighted by Crippen LogP contribution is -2.40. The van der Waals surface area contributed by atoms with Crippen LogP contribution in [0.2, 0.25) is 0 Å². The molecule has 2 aromatic heterocycles. The topological polar surface area (TPSA) is 132 Å². The second kappa shape index (κ2) is 12.8. The second-order valence-corrected chi connectivity index (χ2v) is 11.0. The quantitative estimate of drug-likeness (QED) is 0.379. The first-order chi connectivity index (χ1) is 19.4. The Labute approximate surface area is 237 Å². The van der Waals surface area contributed by atoms with Crippen molar-refractivity contribution < 1.29 is 23.8 Å². The Bertz CT molecular complexity index is 1350. The molecule has 0 bridgehead atoms. The highest BCUT2D eigenvalue weighted by Crippen LogP contribution is 2.35. The number of amides is 2. The van der Waals surface area contributed by atoms with Gasteiger partial charge in [0.05, 0.1) is 30.1 Å². The number of carbonyl (C=O) groups excluding carboxylic acids is 2. The summed E-state index contributed by atoms with van der Waals surface area (Å²) in [6.45, 7) is 9.24. The molecule has 3 aromatic rings. The van der Waals surface area contributed by atoms with Crippen molar-refractivity contribution in [1.82, 2.24) is 19.8 Å². The van der Waals surface area contributed by atoms with E-state index < -0.39 is 5.91 Å². The molecule has 214 valence electrons. The molecule has 2 saturated heterocycles. The fraction of sp³-hybridized carbons (Fsp3) is 0.500. The van der Waals surface area contributed by atoms with Crippen molar-refractivity contribution in [3.63, 3.8) is 0 Å². The summed E-state index contributed by atoms with van der Waals surface area (Å²) in [7, 11) is 0. The first-order valence-electron chi connectivity index (χ1n) is 13.7. The number of nitrogens with zero attached hydrogens (tertiary/aromatic N) is 4. The highest BCUT2D eigenvalue weighted by Gasteiger charge is 2.26. The number of thiophene rings is 1. The molecule has 0 spiro atoms. The molecule has 0 radical (unpaired) electrons. The van der Waals surface area contributed by atoms with E-state index in [1.807, 2.05) is 36.9 Å². The molecule has 1 aromatic carbocycles. The molecule has 4 heterocycles. The number of hydrogen-bond donors (Lipinski definition) is 2. The van der Waals surface area contributed by atoms with E-state index in [0.717, 1.165) is 64.5 Å². The highest BCUT2D eigenvalue weighted by atomic mass is 32.1. The number of likely N-dealkylation sites (tertiary alicyclic amines) is 1. The maximum atomic E-state index is 13.2. The Kier molecular flexibility index (Phi) is 8.98. The predicted octanol–water partition coefficient (Wildman–Crippen LogP) is 2.81. The molecule has 0 aliphatic carbocycles. The molecular formula is C28H36N6O5S. The Morgan fingerprint density at radius 1 is 1.12 bits per heavy atom. The normalized spacial score (nSPS) is 16.7. The molecule has 0 unspecified atom stereocenters. The summed E-state index contributed by atoms with van der Waals surface area (Å²) in [6.07, 6.45) is 3.50. The first-order valence-corrected chi connectivity index (χ1v) is 14.5. The van der Waals surface area contributed by atoms with Gasteiger partial charge in [-0.3, -0.25) is 14.5 Å². The zero-order chi connectivity index (χ0) is 28.1. The average molecular weight is 569 g/mol. The lowest BCUT2D eigenvalue weighted by molar-refractivity contribution is -0.119. The maximum absolute atomic E-state index is 13.2.